The van der Waals surface area contributed by atoms with E-state index < -0.39 is 9.84 Å². The summed E-state index contributed by atoms with van der Waals surface area (Å²) in [5.41, 5.74) is 0. The predicted octanol–water partition coefficient (Wildman–Crippen LogP) is 2.49. The third-order valence-electron chi connectivity index (χ3n) is 2.35. The quantitative estimate of drug-likeness (QED) is 0.708. The van der Waals surface area contributed by atoms with E-state index in [1.54, 1.807) is 13.8 Å². The SMILES string of the molecule is CC(C)C(C(C)C)S(=O)(=O)C(C)C. The van der Waals surface area contributed by atoms with Crippen LogP contribution in [0, 0.1) is 11.8 Å². The van der Waals surface area contributed by atoms with Crippen LogP contribution < -0.4 is 0 Å². The summed E-state index contributed by atoms with van der Waals surface area (Å²) in [5.74, 6) is 0.403. The van der Waals surface area contributed by atoms with Gasteiger partial charge >= 0.3 is 0 Å². The second kappa shape index (κ2) is 4.45. The molecule has 0 unspecified atom stereocenters. The highest BCUT2D eigenvalue weighted by Crippen LogP contribution is 2.24. The van der Waals surface area contributed by atoms with Crippen LogP contribution in [0.1, 0.15) is 41.5 Å². The molecule has 0 heterocycles. The van der Waals surface area contributed by atoms with Crippen molar-refractivity contribution in [3.05, 3.63) is 0 Å². The summed E-state index contributed by atoms with van der Waals surface area (Å²) in [6.07, 6.45) is 0. The van der Waals surface area contributed by atoms with E-state index in [1.807, 2.05) is 27.7 Å². The molecule has 0 atom stereocenters. The Morgan fingerprint density at radius 1 is 0.769 bits per heavy atom. The fourth-order valence-corrected chi connectivity index (χ4v) is 3.99. The molecule has 0 aliphatic rings. The molecule has 0 aromatic rings. The van der Waals surface area contributed by atoms with Gasteiger partial charge in [-0.1, -0.05) is 27.7 Å². The molecule has 80 valence electrons. The lowest BCUT2D eigenvalue weighted by Crippen LogP contribution is -2.36. The normalized spacial score (nSPS) is 13.7. The highest BCUT2D eigenvalue weighted by Gasteiger charge is 2.33. The Labute approximate surface area is 82.6 Å². The van der Waals surface area contributed by atoms with Crippen molar-refractivity contribution in [3.8, 4) is 0 Å². The summed E-state index contributed by atoms with van der Waals surface area (Å²) < 4.78 is 23.8. The van der Waals surface area contributed by atoms with Crippen LogP contribution in [0.25, 0.3) is 0 Å². The highest BCUT2D eigenvalue weighted by atomic mass is 32.2. The van der Waals surface area contributed by atoms with Gasteiger partial charge in [-0.3, -0.25) is 0 Å². The minimum absolute atomic E-state index is 0.201. The van der Waals surface area contributed by atoms with Crippen LogP contribution in [0.4, 0.5) is 0 Å². The Bertz CT molecular complexity index is 230. The molecule has 3 heteroatoms. The number of sulfone groups is 1. The fourth-order valence-electron chi connectivity index (χ4n) is 1.84. The van der Waals surface area contributed by atoms with E-state index in [4.69, 9.17) is 0 Å². The first-order chi connectivity index (χ1) is 5.71. The average Bonchev–Trinajstić information content (AvgIpc) is 1.82. The second-order valence-electron chi connectivity index (χ2n) is 4.59. The van der Waals surface area contributed by atoms with Crippen molar-refractivity contribution in [2.24, 2.45) is 11.8 Å². The minimum Gasteiger partial charge on any atom is -0.228 e. The summed E-state index contributed by atoms with van der Waals surface area (Å²) in [7, 11) is -2.94. The molecule has 0 aromatic heterocycles. The molecule has 0 aliphatic carbocycles. The maximum absolute atomic E-state index is 11.9. The molecular weight excluding hydrogens is 184 g/mol. The zero-order valence-electron chi connectivity index (χ0n) is 9.53. The second-order valence-corrected chi connectivity index (χ2v) is 7.26. The molecule has 2 nitrogen and oxygen atoms in total. The van der Waals surface area contributed by atoms with Gasteiger partial charge in [-0.2, -0.15) is 0 Å². The Balaban J connectivity index is 4.97. The molecule has 0 amide bonds. The van der Waals surface area contributed by atoms with Crippen LogP contribution in [-0.4, -0.2) is 18.9 Å². The standard InChI is InChI=1S/C10H22O2S/c1-7(2)10(8(3)4)13(11,12)9(5)6/h7-10H,1-6H3. The number of hydrogen-bond donors (Lipinski definition) is 0. The molecule has 0 aliphatic heterocycles. The topological polar surface area (TPSA) is 34.1 Å². The van der Waals surface area contributed by atoms with Crippen LogP contribution >= 0.6 is 0 Å². The fraction of sp³-hybridized carbons (Fsp3) is 1.00. The molecule has 0 fully saturated rings. The first kappa shape index (κ1) is 12.9. The van der Waals surface area contributed by atoms with E-state index in [0.717, 1.165) is 0 Å². The van der Waals surface area contributed by atoms with Crippen molar-refractivity contribution in [1.82, 2.24) is 0 Å². The minimum atomic E-state index is -2.94. The van der Waals surface area contributed by atoms with Crippen molar-refractivity contribution >= 4 is 9.84 Å². The summed E-state index contributed by atoms with van der Waals surface area (Å²) in [6.45, 7) is 11.4. The summed E-state index contributed by atoms with van der Waals surface area (Å²) in [4.78, 5) is 0. The molecule has 0 radical (unpaired) electrons. The monoisotopic (exact) mass is 206 g/mol. The van der Waals surface area contributed by atoms with Crippen LogP contribution in [-0.2, 0) is 9.84 Å². The van der Waals surface area contributed by atoms with E-state index >= 15 is 0 Å². The van der Waals surface area contributed by atoms with Crippen LogP contribution in [0.2, 0.25) is 0 Å². The van der Waals surface area contributed by atoms with Gasteiger partial charge in [0.1, 0.15) is 0 Å². The summed E-state index contributed by atoms with van der Waals surface area (Å²) >= 11 is 0. The molecule has 0 saturated heterocycles. The van der Waals surface area contributed by atoms with E-state index in [0.29, 0.717) is 0 Å². The summed E-state index contributed by atoms with van der Waals surface area (Å²) in [5, 5.41) is -0.463. The molecule has 0 aromatic carbocycles. The van der Waals surface area contributed by atoms with Gasteiger partial charge in [-0.25, -0.2) is 8.42 Å². The Hall–Kier alpha value is -0.0500. The van der Waals surface area contributed by atoms with Gasteiger partial charge in [0.15, 0.2) is 9.84 Å². The maximum atomic E-state index is 11.9. The van der Waals surface area contributed by atoms with Crippen molar-refractivity contribution in [2.45, 2.75) is 52.0 Å². The lowest BCUT2D eigenvalue weighted by molar-refractivity contribution is 0.447. The molecular formula is C10H22O2S. The Kier molecular flexibility index (Phi) is 4.43. The van der Waals surface area contributed by atoms with Crippen LogP contribution in [0.15, 0.2) is 0 Å². The predicted molar refractivity (Wildman–Crippen MR) is 57.5 cm³/mol. The van der Waals surface area contributed by atoms with Gasteiger partial charge in [0.2, 0.25) is 0 Å². The zero-order valence-corrected chi connectivity index (χ0v) is 10.4. The lowest BCUT2D eigenvalue weighted by atomic mass is 10.0. The van der Waals surface area contributed by atoms with Gasteiger partial charge in [0.05, 0.1) is 10.5 Å². The van der Waals surface area contributed by atoms with Crippen molar-refractivity contribution in [3.63, 3.8) is 0 Å². The first-order valence-electron chi connectivity index (χ1n) is 4.94. The highest BCUT2D eigenvalue weighted by molar-refractivity contribution is 7.92. The van der Waals surface area contributed by atoms with E-state index in [2.05, 4.69) is 0 Å². The van der Waals surface area contributed by atoms with E-state index in [-0.39, 0.29) is 22.3 Å². The third kappa shape index (κ3) is 2.97. The molecule has 0 bridgehead atoms. The number of hydrogen-bond acceptors (Lipinski definition) is 2. The molecule has 0 rings (SSSR count). The van der Waals surface area contributed by atoms with Crippen molar-refractivity contribution in [1.29, 1.82) is 0 Å². The van der Waals surface area contributed by atoms with Crippen molar-refractivity contribution in [2.75, 3.05) is 0 Å². The molecule has 0 saturated carbocycles. The summed E-state index contributed by atoms with van der Waals surface area (Å²) in [6, 6.07) is 0. The molecule has 13 heavy (non-hydrogen) atoms. The van der Waals surface area contributed by atoms with Crippen molar-refractivity contribution < 1.29 is 8.42 Å². The van der Waals surface area contributed by atoms with Gasteiger partial charge in [-0.15, -0.1) is 0 Å². The van der Waals surface area contributed by atoms with Crippen LogP contribution in [0.5, 0.6) is 0 Å². The molecule has 0 N–H and O–H groups in total. The zero-order chi connectivity index (χ0) is 10.8. The first-order valence-corrected chi connectivity index (χ1v) is 6.54. The smallest absolute Gasteiger partial charge is 0.155 e. The van der Waals surface area contributed by atoms with Gasteiger partial charge in [-0.05, 0) is 25.7 Å². The van der Waals surface area contributed by atoms with E-state index in [9.17, 15) is 8.42 Å². The third-order valence-corrected chi connectivity index (χ3v) is 5.51. The maximum Gasteiger partial charge on any atom is 0.155 e. The van der Waals surface area contributed by atoms with E-state index in [1.165, 1.54) is 0 Å². The number of rotatable bonds is 4. The van der Waals surface area contributed by atoms with Gasteiger partial charge in [0, 0.05) is 0 Å². The molecule has 0 spiro atoms. The Morgan fingerprint density at radius 3 is 1.15 bits per heavy atom. The largest absolute Gasteiger partial charge is 0.228 e. The van der Waals surface area contributed by atoms with Gasteiger partial charge < -0.3 is 0 Å². The van der Waals surface area contributed by atoms with Gasteiger partial charge in [0.25, 0.3) is 0 Å². The van der Waals surface area contributed by atoms with Crippen LogP contribution in [0.3, 0.4) is 0 Å². The Morgan fingerprint density at radius 2 is 1.08 bits per heavy atom. The lowest BCUT2D eigenvalue weighted by Gasteiger charge is -2.26. The average molecular weight is 206 g/mol.